The normalized spacial score (nSPS) is 23.5. The Bertz CT molecular complexity index is 1420. The van der Waals surface area contributed by atoms with Crippen molar-refractivity contribution in [3.05, 3.63) is 76.8 Å². The molecule has 2 aromatic heterocycles. The molecule has 2 bridgehead atoms. The molecule has 2 saturated carbocycles. The predicted octanol–water partition coefficient (Wildman–Crippen LogP) is 6.31. The molecule has 3 heterocycles. The number of allylic oxidation sites excluding steroid dienone is 1. The molecule has 1 unspecified atom stereocenters. The molecular weight excluding hydrogens is 456 g/mol. The Morgan fingerprint density at radius 1 is 1.19 bits per heavy atom. The molecule has 190 valence electrons. The average molecular weight is 493 g/mol. The van der Waals surface area contributed by atoms with Crippen molar-refractivity contribution in [1.29, 1.82) is 5.26 Å². The van der Waals surface area contributed by atoms with Gasteiger partial charge in [0.2, 0.25) is 0 Å². The Hall–Kier alpha value is -3.39. The van der Waals surface area contributed by atoms with Crippen molar-refractivity contribution in [2.45, 2.75) is 57.8 Å². The number of carbonyl (C=O) groups excluding carboxylic acids is 1. The molecule has 1 aliphatic heterocycles. The quantitative estimate of drug-likeness (QED) is 0.379. The number of fused-ring (bicyclic) bond motifs is 3. The van der Waals surface area contributed by atoms with E-state index in [9.17, 15) is 10.1 Å². The van der Waals surface area contributed by atoms with Gasteiger partial charge in [0, 0.05) is 61.5 Å². The molecule has 3 fully saturated rings. The Morgan fingerprint density at radius 3 is 2.70 bits per heavy atom. The summed E-state index contributed by atoms with van der Waals surface area (Å²) in [6.45, 7) is 8.87. The van der Waals surface area contributed by atoms with E-state index in [0.29, 0.717) is 29.4 Å². The van der Waals surface area contributed by atoms with Crippen molar-refractivity contribution in [1.82, 2.24) is 14.5 Å². The molecule has 3 atom stereocenters. The molecule has 1 saturated heterocycles. The lowest BCUT2D eigenvalue weighted by Crippen LogP contribution is -2.35. The number of piperidine rings is 1. The minimum atomic E-state index is 0.0197. The zero-order valence-corrected chi connectivity index (χ0v) is 22.0. The SMILES string of the molecule is C=C(C1C[C@H]2CC[C@@H]1C2)N1CCC(c2cn(C)c3ncc(CC(=O)c4cccc(C#N)c4)c(C)c23)CC1. The van der Waals surface area contributed by atoms with E-state index >= 15 is 0 Å². The molecule has 3 aromatic rings. The zero-order chi connectivity index (χ0) is 25.7. The molecule has 1 aromatic carbocycles. The number of benzene rings is 1. The van der Waals surface area contributed by atoms with E-state index in [1.54, 1.807) is 24.3 Å². The first-order chi connectivity index (χ1) is 17.9. The lowest BCUT2D eigenvalue weighted by atomic mass is 9.84. The number of nitriles is 1. The summed E-state index contributed by atoms with van der Waals surface area (Å²) in [6.07, 6.45) is 12.3. The van der Waals surface area contributed by atoms with Crippen molar-refractivity contribution in [2.75, 3.05) is 13.1 Å². The van der Waals surface area contributed by atoms with Gasteiger partial charge in [0.05, 0.1) is 11.6 Å². The van der Waals surface area contributed by atoms with E-state index in [1.807, 2.05) is 6.20 Å². The standard InChI is InChI=1S/C32H36N4O/c1-20-27(16-30(37)26-6-4-5-23(14-26)17-33)18-34-32-31(20)29(19-35(32)3)24-9-11-36(12-10-24)21(2)28-15-22-7-8-25(28)13-22/h4-6,14,18-19,22,24-25,28H,2,7-13,15-16H2,1,3H3/t22-,25+,28?/m0/s1. The van der Waals surface area contributed by atoms with Gasteiger partial charge in [-0.2, -0.15) is 5.26 Å². The Kier molecular flexibility index (Phi) is 6.15. The lowest BCUT2D eigenvalue weighted by molar-refractivity contribution is 0.0992. The average Bonchev–Trinajstić information content (AvgIpc) is 3.65. The van der Waals surface area contributed by atoms with Crippen LogP contribution in [0.15, 0.2) is 48.9 Å². The van der Waals surface area contributed by atoms with Gasteiger partial charge in [-0.1, -0.05) is 25.1 Å². The molecule has 3 aliphatic rings. The van der Waals surface area contributed by atoms with Crippen LogP contribution >= 0.6 is 0 Å². The van der Waals surface area contributed by atoms with Crippen LogP contribution < -0.4 is 0 Å². The summed E-state index contributed by atoms with van der Waals surface area (Å²) >= 11 is 0. The fourth-order valence-electron chi connectivity index (χ4n) is 7.47. The molecule has 5 nitrogen and oxygen atoms in total. The van der Waals surface area contributed by atoms with E-state index in [0.717, 1.165) is 54.5 Å². The van der Waals surface area contributed by atoms with Crippen molar-refractivity contribution in [3.8, 4) is 6.07 Å². The zero-order valence-electron chi connectivity index (χ0n) is 22.0. The summed E-state index contributed by atoms with van der Waals surface area (Å²) in [4.78, 5) is 20.4. The Morgan fingerprint density at radius 2 is 2.00 bits per heavy atom. The molecule has 0 radical (unpaired) electrons. The molecular formula is C32H36N4O. The van der Waals surface area contributed by atoms with Gasteiger partial charge >= 0.3 is 0 Å². The second-order valence-corrected chi connectivity index (χ2v) is 11.6. The third-order valence-corrected chi connectivity index (χ3v) is 9.55. The van der Waals surface area contributed by atoms with E-state index in [-0.39, 0.29) is 5.78 Å². The number of aromatic nitrogens is 2. The van der Waals surface area contributed by atoms with Gasteiger partial charge in [0.1, 0.15) is 5.65 Å². The maximum atomic E-state index is 13.1. The minimum absolute atomic E-state index is 0.0197. The van der Waals surface area contributed by atoms with Crippen molar-refractivity contribution in [2.24, 2.45) is 24.8 Å². The number of rotatable bonds is 6. The summed E-state index contributed by atoms with van der Waals surface area (Å²) in [5.74, 6) is 3.06. The number of nitrogens with zero attached hydrogens (tertiary/aromatic N) is 4. The number of pyridine rings is 1. The second-order valence-electron chi connectivity index (χ2n) is 11.6. The first-order valence-electron chi connectivity index (χ1n) is 13.8. The van der Waals surface area contributed by atoms with Crippen molar-refractivity contribution >= 4 is 16.8 Å². The van der Waals surface area contributed by atoms with Crippen LogP contribution in [-0.4, -0.2) is 33.3 Å². The summed E-state index contributed by atoms with van der Waals surface area (Å²) in [5, 5.41) is 10.4. The predicted molar refractivity (Wildman–Crippen MR) is 146 cm³/mol. The van der Waals surface area contributed by atoms with Gasteiger partial charge in [-0.15, -0.1) is 0 Å². The van der Waals surface area contributed by atoms with E-state index < -0.39 is 0 Å². The monoisotopic (exact) mass is 492 g/mol. The minimum Gasteiger partial charge on any atom is -0.375 e. The molecule has 0 N–H and O–H groups in total. The highest BCUT2D eigenvalue weighted by atomic mass is 16.1. The molecule has 0 amide bonds. The van der Waals surface area contributed by atoms with E-state index in [1.165, 1.54) is 42.3 Å². The second kappa shape index (κ2) is 9.49. The van der Waals surface area contributed by atoms with Gasteiger partial charge in [0.25, 0.3) is 0 Å². The van der Waals surface area contributed by atoms with Crippen LogP contribution in [0, 0.1) is 36.0 Å². The van der Waals surface area contributed by atoms with E-state index in [2.05, 4.69) is 42.3 Å². The third-order valence-electron chi connectivity index (χ3n) is 9.55. The number of hydrogen-bond acceptors (Lipinski definition) is 4. The number of hydrogen-bond donors (Lipinski definition) is 0. The first kappa shape index (κ1) is 24.0. The molecule has 37 heavy (non-hydrogen) atoms. The highest BCUT2D eigenvalue weighted by molar-refractivity contribution is 5.98. The summed E-state index contributed by atoms with van der Waals surface area (Å²) < 4.78 is 2.14. The lowest BCUT2D eigenvalue weighted by Gasteiger charge is -2.39. The van der Waals surface area contributed by atoms with E-state index in [4.69, 9.17) is 4.98 Å². The molecule has 5 heteroatoms. The van der Waals surface area contributed by atoms with Crippen LogP contribution in [-0.2, 0) is 13.5 Å². The number of Topliss-reactive ketones (excluding diaryl/α,β-unsaturated/α-hetero) is 1. The van der Waals surface area contributed by atoms with Crippen LogP contribution in [0.4, 0.5) is 0 Å². The largest absolute Gasteiger partial charge is 0.375 e. The highest BCUT2D eigenvalue weighted by Gasteiger charge is 2.42. The summed E-state index contributed by atoms with van der Waals surface area (Å²) in [6, 6.07) is 9.09. The third kappa shape index (κ3) is 4.27. The van der Waals surface area contributed by atoms with Crippen LogP contribution in [0.2, 0.25) is 0 Å². The molecule has 6 rings (SSSR count). The number of likely N-dealkylation sites (tertiary alicyclic amines) is 1. The fourth-order valence-corrected chi connectivity index (χ4v) is 7.47. The van der Waals surface area contributed by atoms with Gasteiger partial charge < -0.3 is 9.47 Å². The number of aryl methyl sites for hydroxylation is 2. The maximum absolute atomic E-state index is 13.1. The molecule has 2 aliphatic carbocycles. The Labute approximate surface area is 219 Å². The van der Waals surface area contributed by atoms with Crippen molar-refractivity contribution < 1.29 is 4.79 Å². The Balaban J connectivity index is 1.21. The van der Waals surface area contributed by atoms with Gasteiger partial charge in [-0.25, -0.2) is 4.98 Å². The van der Waals surface area contributed by atoms with Crippen LogP contribution in [0.5, 0.6) is 0 Å². The smallest absolute Gasteiger partial charge is 0.167 e. The number of carbonyl (C=O) groups is 1. The van der Waals surface area contributed by atoms with Gasteiger partial charge in [-0.3, -0.25) is 4.79 Å². The molecule has 0 spiro atoms. The van der Waals surface area contributed by atoms with Crippen LogP contribution in [0.1, 0.15) is 77.1 Å². The summed E-state index contributed by atoms with van der Waals surface area (Å²) in [5.41, 5.74) is 6.97. The summed E-state index contributed by atoms with van der Waals surface area (Å²) in [7, 11) is 2.07. The highest BCUT2D eigenvalue weighted by Crippen LogP contribution is 2.51. The van der Waals surface area contributed by atoms with Crippen LogP contribution in [0.25, 0.3) is 11.0 Å². The number of ketones is 1. The topological polar surface area (TPSA) is 61.9 Å². The van der Waals surface area contributed by atoms with Gasteiger partial charge in [-0.05, 0) is 85.6 Å². The maximum Gasteiger partial charge on any atom is 0.167 e. The first-order valence-corrected chi connectivity index (χ1v) is 13.8. The fraction of sp³-hybridized carbons (Fsp3) is 0.469. The van der Waals surface area contributed by atoms with Crippen molar-refractivity contribution in [3.63, 3.8) is 0 Å². The van der Waals surface area contributed by atoms with Gasteiger partial charge in [0.15, 0.2) is 5.78 Å². The van der Waals surface area contributed by atoms with Crippen LogP contribution in [0.3, 0.4) is 0 Å².